The van der Waals surface area contributed by atoms with Crippen molar-refractivity contribution in [3.63, 3.8) is 0 Å². The van der Waals surface area contributed by atoms with Crippen molar-refractivity contribution in [2.75, 3.05) is 46.1 Å². The van der Waals surface area contributed by atoms with Gasteiger partial charge in [0.25, 0.3) is 5.91 Å². The zero-order chi connectivity index (χ0) is 29.5. The molecule has 2 atom stereocenters. The number of esters is 1. The molecule has 1 aromatic rings. The van der Waals surface area contributed by atoms with Crippen LogP contribution in [0.2, 0.25) is 0 Å². The van der Waals surface area contributed by atoms with E-state index in [9.17, 15) is 24.0 Å². The number of Topliss-reactive ketones (excluding diaryl/α,β-unsaturated/α-hetero) is 1. The Kier molecular flexibility index (Phi) is 13.5. The first-order chi connectivity index (χ1) is 19.9. The van der Waals surface area contributed by atoms with Crippen LogP contribution in [0.3, 0.4) is 0 Å². The Morgan fingerprint density at radius 3 is 2.37 bits per heavy atom. The molecule has 12 heteroatoms. The number of amides is 4. The molecule has 12 nitrogen and oxygen atoms in total. The predicted molar refractivity (Wildman–Crippen MR) is 149 cm³/mol. The maximum atomic E-state index is 13.6. The van der Waals surface area contributed by atoms with Gasteiger partial charge >= 0.3 is 12.0 Å². The van der Waals surface area contributed by atoms with Crippen molar-refractivity contribution in [1.29, 1.82) is 0 Å². The summed E-state index contributed by atoms with van der Waals surface area (Å²) in [6, 6.07) is 6.65. The normalized spacial score (nSPS) is 17.1. The number of nitrogens with zero attached hydrogens (tertiary/aromatic N) is 1. The second kappa shape index (κ2) is 17.3. The zero-order valence-corrected chi connectivity index (χ0v) is 23.7. The Bertz CT molecular complexity index is 1010. The second-order valence-corrected chi connectivity index (χ2v) is 10.3. The fraction of sp³-hybridized carbons (Fsp3) is 0.621. The summed E-state index contributed by atoms with van der Waals surface area (Å²) in [4.78, 5) is 65.5. The summed E-state index contributed by atoms with van der Waals surface area (Å²) in [5, 5.41) is 7.74. The minimum atomic E-state index is -1.33. The lowest BCUT2D eigenvalue weighted by Gasteiger charge is -2.31. The lowest BCUT2D eigenvalue weighted by atomic mass is 9.84. The van der Waals surface area contributed by atoms with Crippen LogP contribution < -0.4 is 16.0 Å². The predicted octanol–water partition coefficient (Wildman–Crippen LogP) is 1.32. The molecular formula is C29H42N4O8. The molecule has 0 radical (unpaired) electrons. The van der Waals surface area contributed by atoms with E-state index < -0.39 is 42.2 Å². The Morgan fingerprint density at radius 2 is 1.68 bits per heavy atom. The van der Waals surface area contributed by atoms with Crippen molar-refractivity contribution >= 4 is 29.6 Å². The number of rotatable bonds is 14. The monoisotopic (exact) mass is 574 g/mol. The van der Waals surface area contributed by atoms with Crippen molar-refractivity contribution in [3.05, 3.63) is 35.9 Å². The molecule has 0 unspecified atom stereocenters. The van der Waals surface area contributed by atoms with Crippen molar-refractivity contribution < 1.29 is 38.2 Å². The van der Waals surface area contributed by atoms with Gasteiger partial charge in [-0.05, 0) is 24.8 Å². The molecule has 0 aromatic heterocycles. The largest absolute Gasteiger partial charge is 0.465 e. The number of hydrogen-bond acceptors (Lipinski definition) is 8. The quantitative estimate of drug-likeness (QED) is 0.222. The van der Waals surface area contributed by atoms with E-state index in [4.69, 9.17) is 14.2 Å². The van der Waals surface area contributed by atoms with Gasteiger partial charge in [-0.1, -0.05) is 62.4 Å². The maximum Gasteiger partial charge on any atom is 0.325 e. The Hall–Kier alpha value is -3.51. The van der Waals surface area contributed by atoms with Gasteiger partial charge in [-0.25, -0.2) is 4.79 Å². The molecule has 3 N–H and O–H groups in total. The fourth-order valence-electron chi connectivity index (χ4n) is 4.93. The van der Waals surface area contributed by atoms with Crippen LogP contribution >= 0.6 is 0 Å². The highest BCUT2D eigenvalue weighted by Gasteiger charge is 2.33. The smallest absolute Gasteiger partial charge is 0.325 e. The molecule has 1 saturated heterocycles. The third-order valence-corrected chi connectivity index (χ3v) is 7.16. The number of benzene rings is 1. The number of nitrogens with one attached hydrogen (secondary N) is 3. The summed E-state index contributed by atoms with van der Waals surface area (Å²) in [7, 11) is 0. The van der Waals surface area contributed by atoms with Crippen molar-refractivity contribution in [2.45, 2.75) is 64.1 Å². The molecule has 1 saturated carbocycles. The molecule has 2 aliphatic rings. The molecule has 1 aromatic carbocycles. The summed E-state index contributed by atoms with van der Waals surface area (Å²) in [5.41, 5.74) is 0.852. The highest BCUT2D eigenvalue weighted by molar-refractivity contribution is 6.38. The van der Waals surface area contributed by atoms with E-state index >= 15 is 0 Å². The van der Waals surface area contributed by atoms with Gasteiger partial charge in [0, 0.05) is 13.1 Å². The first-order valence-corrected chi connectivity index (χ1v) is 14.4. The first kappa shape index (κ1) is 32.0. The van der Waals surface area contributed by atoms with Crippen LogP contribution in [-0.4, -0.2) is 92.6 Å². The highest BCUT2D eigenvalue weighted by Crippen LogP contribution is 2.27. The third kappa shape index (κ3) is 11.1. The van der Waals surface area contributed by atoms with Crippen LogP contribution in [0.4, 0.5) is 4.79 Å². The summed E-state index contributed by atoms with van der Waals surface area (Å²) in [6.07, 6.45) is 5.59. The van der Waals surface area contributed by atoms with Crippen LogP contribution in [0.15, 0.2) is 30.3 Å². The van der Waals surface area contributed by atoms with E-state index in [1.807, 2.05) is 30.3 Å². The van der Waals surface area contributed by atoms with Crippen molar-refractivity contribution in [2.24, 2.45) is 5.92 Å². The number of morpholine rings is 1. The Labute approximate surface area is 240 Å². The molecule has 0 bridgehead atoms. The van der Waals surface area contributed by atoms with E-state index in [-0.39, 0.29) is 31.8 Å². The molecule has 0 spiro atoms. The topological polar surface area (TPSA) is 152 Å². The minimum absolute atomic E-state index is 0.132. The molecule has 1 aliphatic heterocycles. The van der Waals surface area contributed by atoms with Crippen LogP contribution in [0, 0.1) is 5.92 Å². The SMILES string of the molecule is CCOC(=O)CNC(=O)C(=O)[C@H](COCc1ccccc1)NC(=O)[C@H](CC1CCCCC1)NC(=O)N1CCOCC1. The van der Waals surface area contributed by atoms with Gasteiger partial charge < -0.3 is 35.1 Å². The summed E-state index contributed by atoms with van der Waals surface area (Å²) in [6.45, 7) is 2.83. The first-order valence-electron chi connectivity index (χ1n) is 14.4. The average molecular weight is 575 g/mol. The van der Waals surface area contributed by atoms with Crippen LogP contribution in [0.1, 0.15) is 51.0 Å². The van der Waals surface area contributed by atoms with Gasteiger partial charge in [-0.2, -0.15) is 0 Å². The number of ketones is 1. The molecule has 4 amide bonds. The molecule has 1 aliphatic carbocycles. The van der Waals surface area contributed by atoms with Gasteiger partial charge in [0.1, 0.15) is 18.6 Å². The Balaban J connectivity index is 1.70. The van der Waals surface area contributed by atoms with Gasteiger partial charge in [0.2, 0.25) is 11.7 Å². The van der Waals surface area contributed by atoms with E-state index in [0.717, 1.165) is 37.7 Å². The Morgan fingerprint density at radius 1 is 0.976 bits per heavy atom. The van der Waals surface area contributed by atoms with E-state index in [0.29, 0.717) is 32.7 Å². The fourth-order valence-corrected chi connectivity index (χ4v) is 4.93. The number of hydrogen-bond donors (Lipinski definition) is 3. The third-order valence-electron chi connectivity index (χ3n) is 7.16. The van der Waals surface area contributed by atoms with Crippen LogP contribution in [0.5, 0.6) is 0 Å². The molecular weight excluding hydrogens is 532 g/mol. The van der Waals surface area contributed by atoms with Crippen LogP contribution in [-0.2, 0) is 40.0 Å². The van der Waals surface area contributed by atoms with Gasteiger partial charge in [0.15, 0.2) is 0 Å². The molecule has 1 heterocycles. The number of carbonyl (C=O) groups is 5. The summed E-state index contributed by atoms with van der Waals surface area (Å²) < 4.78 is 15.8. The molecule has 3 rings (SSSR count). The van der Waals surface area contributed by atoms with Gasteiger partial charge in [0.05, 0.1) is 33.0 Å². The molecule has 41 heavy (non-hydrogen) atoms. The lowest BCUT2D eigenvalue weighted by Crippen LogP contribution is -2.58. The van der Waals surface area contributed by atoms with E-state index in [2.05, 4.69) is 16.0 Å². The van der Waals surface area contributed by atoms with Gasteiger partial charge in [-0.3, -0.25) is 19.2 Å². The van der Waals surface area contributed by atoms with E-state index in [1.165, 1.54) is 0 Å². The van der Waals surface area contributed by atoms with Crippen LogP contribution in [0.25, 0.3) is 0 Å². The number of ether oxygens (including phenoxy) is 3. The van der Waals surface area contributed by atoms with Gasteiger partial charge in [-0.15, -0.1) is 0 Å². The summed E-state index contributed by atoms with van der Waals surface area (Å²) >= 11 is 0. The summed E-state index contributed by atoms with van der Waals surface area (Å²) in [5.74, 6) is -3.02. The number of urea groups is 1. The van der Waals surface area contributed by atoms with Crippen molar-refractivity contribution in [1.82, 2.24) is 20.9 Å². The highest BCUT2D eigenvalue weighted by atomic mass is 16.5. The second-order valence-electron chi connectivity index (χ2n) is 10.3. The molecule has 2 fully saturated rings. The lowest BCUT2D eigenvalue weighted by molar-refractivity contribution is -0.146. The number of carbonyl (C=O) groups excluding carboxylic acids is 5. The maximum absolute atomic E-state index is 13.6. The standard InChI is InChI=1S/C29H42N4O8/c1-2-41-25(34)18-30-28(37)26(35)24(20-40-19-22-11-7-4-8-12-22)31-27(36)23(17-21-9-5-3-6-10-21)32-29(38)33-13-15-39-16-14-33/h4,7-8,11-12,21,23-24H,2-3,5-6,9-10,13-20H2,1H3,(H,30,37)(H,31,36)(H,32,38)/t23-,24-/m0/s1. The molecule has 226 valence electrons. The zero-order valence-electron chi connectivity index (χ0n) is 23.7. The minimum Gasteiger partial charge on any atom is -0.465 e. The van der Waals surface area contributed by atoms with Crippen molar-refractivity contribution in [3.8, 4) is 0 Å². The average Bonchev–Trinajstić information content (AvgIpc) is 3.00. The van der Waals surface area contributed by atoms with E-state index in [1.54, 1.807) is 11.8 Å².